The number of thiophene rings is 1. The Morgan fingerprint density at radius 1 is 1.50 bits per heavy atom. The van der Waals surface area contributed by atoms with Crippen LogP contribution in [-0.4, -0.2) is 25.2 Å². The minimum Gasteiger partial charge on any atom is -0.383 e. The third-order valence-corrected chi connectivity index (χ3v) is 5.41. The van der Waals surface area contributed by atoms with Crippen molar-refractivity contribution in [2.45, 2.75) is 13.0 Å². The molecular formula is C12H15BrN2OS2. The number of aromatic nitrogens is 1. The number of nitrogens with one attached hydrogen (secondary N) is 1. The summed E-state index contributed by atoms with van der Waals surface area (Å²) in [5.41, 5.74) is 1.07. The van der Waals surface area contributed by atoms with Crippen molar-refractivity contribution in [1.82, 2.24) is 10.3 Å². The van der Waals surface area contributed by atoms with Crippen molar-refractivity contribution in [3.05, 3.63) is 36.9 Å². The van der Waals surface area contributed by atoms with Gasteiger partial charge in [0.15, 0.2) is 0 Å². The summed E-state index contributed by atoms with van der Waals surface area (Å²) in [5, 5.41) is 8.77. The number of rotatable bonds is 6. The number of hydrogen-bond acceptors (Lipinski definition) is 5. The number of hydrogen-bond donors (Lipinski definition) is 1. The quantitative estimate of drug-likeness (QED) is 0.811. The lowest BCUT2D eigenvalue weighted by molar-refractivity contribution is 0.197. The number of nitrogens with zero attached hydrogens (tertiary/aromatic N) is 1. The van der Waals surface area contributed by atoms with Crippen molar-refractivity contribution in [3.8, 4) is 0 Å². The van der Waals surface area contributed by atoms with E-state index in [1.807, 2.05) is 6.92 Å². The van der Waals surface area contributed by atoms with E-state index in [1.165, 1.54) is 4.88 Å². The zero-order valence-corrected chi connectivity index (χ0v) is 13.5. The second-order valence-corrected chi connectivity index (χ2v) is 6.53. The fourth-order valence-corrected chi connectivity index (χ4v) is 4.25. The molecule has 6 heteroatoms. The smallest absolute Gasteiger partial charge is 0.115 e. The Balaban J connectivity index is 2.20. The predicted octanol–water partition coefficient (Wildman–Crippen LogP) is 3.60. The predicted molar refractivity (Wildman–Crippen MR) is 80.6 cm³/mol. The fourth-order valence-electron chi connectivity index (χ4n) is 1.61. The molecule has 0 radical (unpaired) electrons. The van der Waals surface area contributed by atoms with Crippen LogP contribution in [0, 0.1) is 6.92 Å². The second-order valence-electron chi connectivity index (χ2n) is 3.84. The first-order valence-electron chi connectivity index (χ1n) is 5.59. The van der Waals surface area contributed by atoms with E-state index in [9.17, 15) is 0 Å². The molecular weight excluding hydrogens is 332 g/mol. The van der Waals surface area contributed by atoms with Crippen LogP contribution in [0.15, 0.2) is 21.3 Å². The molecule has 98 valence electrons. The standard InChI is InChI=1S/C12H15BrN2OS2/c1-8-7-18-12(15-8)10(14-4-5-16-2)11-9(13)3-6-17-11/h3,6-7,10,14H,4-5H2,1-2H3. The van der Waals surface area contributed by atoms with E-state index in [0.717, 1.165) is 21.7 Å². The van der Waals surface area contributed by atoms with E-state index in [0.29, 0.717) is 6.61 Å². The monoisotopic (exact) mass is 346 g/mol. The maximum atomic E-state index is 5.09. The van der Waals surface area contributed by atoms with Crippen LogP contribution >= 0.6 is 38.6 Å². The normalized spacial score (nSPS) is 12.8. The van der Waals surface area contributed by atoms with Gasteiger partial charge in [-0.3, -0.25) is 0 Å². The lowest BCUT2D eigenvalue weighted by Crippen LogP contribution is -2.25. The maximum Gasteiger partial charge on any atom is 0.115 e. The molecule has 0 aliphatic heterocycles. The molecule has 0 amide bonds. The van der Waals surface area contributed by atoms with Crippen molar-refractivity contribution in [1.29, 1.82) is 0 Å². The average Bonchev–Trinajstić information content (AvgIpc) is 2.94. The van der Waals surface area contributed by atoms with E-state index in [2.05, 4.69) is 43.1 Å². The minimum absolute atomic E-state index is 0.147. The van der Waals surface area contributed by atoms with Gasteiger partial charge >= 0.3 is 0 Å². The summed E-state index contributed by atoms with van der Waals surface area (Å²) in [6.45, 7) is 3.53. The number of halogens is 1. The van der Waals surface area contributed by atoms with Gasteiger partial charge in [0.2, 0.25) is 0 Å². The summed E-state index contributed by atoms with van der Waals surface area (Å²) in [5.74, 6) is 0. The molecule has 2 aromatic heterocycles. The Hall–Kier alpha value is -0.270. The molecule has 0 saturated carbocycles. The number of aryl methyl sites for hydroxylation is 1. The van der Waals surface area contributed by atoms with Gasteiger partial charge in [0.25, 0.3) is 0 Å². The van der Waals surface area contributed by atoms with Crippen LogP contribution in [0.4, 0.5) is 0 Å². The van der Waals surface area contributed by atoms with Gasteiger partial charge in [-0.25, -0.2) is 4.98 Å². The molecule has 0 saturated heterocycles. The van der Waals surface area contributed by atoms with E-state index in [-0.39, 0.29) is 6.04 Å². The number of methoxy groups -OCH3 is 1. The molecule has 1 unspecified atom stereocenters. The fraction of sp³-hybridized carbons (Fsp3) is 0.417. The number of ether oxygens (including phenoxy) is 1. The highest BCUT2D eigenvalue weighted by Gasteiger charge is 2.20. The zero-order valence-electron chi connectivity index (χ0n) is 10.3. The van der Waals surface area contributed by atoms with Gasteiger partial charge in [-0.1, -0.05) is 0 Å². The molecule has 1 atom stereocenters. The molecule has 2 rings (SSSR count). The van der Waals surface area contributed by atoms with Crippen molar-refractivity contribution in [2.75, 3.05) is 20.3 Å². The van der Waals surface area contributed by atoms with Gasteiger partial charge in [0, 0.05) is 34.1 Å². The molecule has 0 fully saturated rings. The molecule has 18 heavy (non-hydrogen) atoms. The largest absolute Gasteiger partial charge is 0.383 e. The SMILES string of the molecule is COCCNC(c1nc(C)cs1)c1sccc1Br. The maximum absolute atomic E-state index is 5.09. The number of thiazole rings is 1. The van der Waals surface area contributed by atoms with Crippen molar-refractivity contribution in [2.24, 2.45) is 0 Å². The first-order chi connectivity index (χ1) is 8.72. The van der Waals surface area contributed by atoms with Crippen LogP contribution < -0.4 is 5.32 Å². The van der Waals surface area contributed by atoms with Crippen molar-refractivity contribution in [3.63, 3.8) is 0 Å². The Bertz CT molecular complexity index is 498. The molecule has 0 aliphatic carbocycles. The molecule has 1 N–H and O–H groups in total. The van der Waals surface area contributed by atoms with E-state index >= 15 is 0 Å². The van der Waals surface area contributed by atoms with Crippen LogP contribution in [0.1, 0.15) is 21.6 Å². The highest BCUT2D eigenvalue weighted by molar-refractivity contribution is 9.10. The topological polar surface area (TPSA) is 34.1 Å². The molecule has 0 bridgehead atoms. The van der Waals surface area contributed by atoms with E-state index in [4.69, 9.17) is 4.74 Å². The van der Waals surface area contributed by atoms with Crippen LogP contribution in [0.25, 0.3) is 0 Å². The van der Waals surface area contributed by atoms with E-state index < -0.39 is 0 Å². The van der Waals surface area contributed by atoms with Gasteiger partial charge in [-0.15, -0.1) is 22.7 Å². The van der Waals surface area contributed by atoms with Crippen LogP contribution in [-0.2, 0) is 4.74 Å². The second kappa shape index (κ2) is 6.77. The molecule has 2 aromatic rings. The lowest BCUT2D eigenvalue weighted by Gasteiger charge is -2.15. The lowest BCUT2D eigenvalue weighted by atomic mass is 10.2. The van der Waals surface area contributed by atoms with Gasteiger partial charge in [-0.05, 0) is 34.3 Å². The summed E-state index contributed by atoms with van der Waals surface area (Å²) < 4.78 is 6.23. The highest BCUT2D eigenvalue weighted by atomic mass is 79.9. The molecule has 0 aliphatic rings. The van der Waals surface area contributed by atoms with E-state index in [1.54, 1.807) is 29.8 Å². The van der Waals surface area contributed by atoms with Crippen LogP contribution in [0.5, 0.6) is 0 Å². The Morgan fingerprint density at radius 2 is 2.33 bits per heavy atom. The van der Waals surface area contributed by atoms with Crippen LogP contribution in [0.2, 0.25) is 0 Å². The third-order valence-electron chi connectivity index (χ3n) is 2.45. The summed E-state index contributed by atoms with van der Waals surface area (Å²) in [6, 6.07) is 2.22. The summed E-state index contributed by atoms with van der Waals surface area (Å²) in [7, 11) is 1.71. The molecule has 3 nitrogen and oxygen atoms in total. The van der Waals surface area contributed by atoms with Crippen LogP contribution in [0.3, 0.4) is 0 Å². The van der Waals surface area contributed by atoms with Crippen molar-refractivity contribution < 1.29 is 4.74 Å². The third kappa shape index (κ3) is 3.39. The first-order valence-corrected chi connectivity index (χ1v) is 8.15. The van der Waals surface area contributed by atoms with Crippen molar-refractivity contribution >= 4 is 38.6 Å². The molecule has 0 aromatic carbocycles. The summed E-state index contributed by atoms with van der Waals surface area (Å²) >= 11 is 7.03. The highest BCUT2D eigenvalue weighted by Crippen LogP contribution is 2.34. The van der Waals surface area contributed by atoms with Gasteiger partial charge in [-0.2, -0.15) is 0 Å². The Kier molecular flexibility index (Phi) is 5.32. The molecule has 2 heterocycles. The first kappa shape index (κ1) is 14.1. The minimum atomic E-state index is 0.147. The van der Waals surface area contributed by atoms with Gasteiger partial charge in [0.05, 0.1) is 12.6 Å². The summed E-state index contributed by atoms with van der Waals surface area (Å²) in [4.78, 5) is 5.85. The Labute approximate surface area is 123 Å². The zero-order chi connectivity index (χ0) is 13.0. The van der Waals surface area contributed by atoms with Gasteiger partial charge in [0.1, 0.15) is 5.01 Å². The molecule has 0 spiro atoms. The van der Waals surface area contributed by atoms with Gasteiger partial charge < -0.3 is 10.1 Å². The average molecular weight is 347 g/mol. The Morgan fingerprint density at radius 3 is 2.89 bits per heavy atom. The summed E-state index contributed by atoms with van der Waals surface area (Å²) in [6.07, 6.45) is 0.